The lowest BCUT2D eigenvalue weighted by Gasteiger charge is -2.27. The molecule has 0 atom stereocenters. The van der Waals surface area contributed by atoms with E-state index in [1.807, 2.05) is 18.2 Å². The normalized spacial score (nSPS) is 12.1. The van der Waals surface area contributed by atoms with Crippen molar-refractivity contribution < 1.29 is 4.42 Å². The van der Waals surface area contributed by atoms with Gasteiger partial charge >= 0.3 is 0 Å². The highest BCUT2D eigenvalue weighted by Gasteiger charge is 2.19. The van der Waals surface area contributed by atoms with E-state index in [9.17, 15) is 0 Å². The minimum Gasteiger partial charge on any atom is -0.467 e. The molecule has 0 spiro atoms. The van der Waals surface area contributed by atoms with Crippen molar-refractivity contribution in [2.75, 3.05) is 12.8 Å². The zero-order valence-electron chi connectivity index (χ0n) is 16.2. The summed E-state index contributed by atoms with van der Waals surface area (Å²) in [6, 6.07) is 12.5. The van der Waals surface area contributed by atoms with Crippen molar-refractivity contribution in [3.05, 3.63) is 78.8 Å². The van der Waals surface area contributed by atoms with E-state index in [1.54, 1.807) is 25.1 Å². The predicted molar refractivity (Wildman–Crippen MR) is 114 cm³/mol. The van der Waals surface area contributed by atoms with Crippen LogP contribution >= 0.6 is 11.8 Å². The molecule has 0 radical (unpaired) electrons. The van der Waals surface area contributed by atoms with E-state index < -0.39 is 0 Å². The summed E-state index contributed by atoms with van der Waals surface area (Å²) in [5.74, 6) is 1.66. The summed E-state index contributed by atoms with van der Waals surface area (Å²) >= 11 is 1.64. The molecule has 0 saturated heterocycles. The molecule has 3 nitrogen and oxygen atoms in total. The van der Waals surface area contributed by atoms with E-state index in [0.29, 0.717) is 6.54 Å². The van der Waals surface area contributed by atoms with Crippen LogP contribution in [-0.4, -0.2) is 22.9 Å². The van der Waals surface area contributed by atoms with Crippen LogP contribution in [0.2, 0.25) is 0 Å². The van der Waals surface area contributed by atoms with E-state index >= 15 is 0 Å². The van der Waals surface area contributed by atoms with Gasteiger partial charge in [-0.2, -0.15) is 0 Å². The van der Waals surface area contributed by atoms with Gasteiger partial charge in [0, 0.05) is 18.5 Å². The van der Waals surface area contributed by atoms with Crippen LogP contribution in [0.5, 0.6) is 0 Å². The van der Waals surface area contributed by atoms with E-state index in [0.717, 1.165) is 27.9 Å². The highest BCUT2D eigenvalue weighted by molar-refractivity contribution is 8.13. The highest BCUT2D eigenvalue weighted by atomic mass is 32.2. The Bertz CT molecular complexity index is 752. The van der Waals surface area contributed by atoms with Gasteiger partial charge in [0.2, 0.25) is 0 Å². The van der Waals surface area contributed by atoms with Gasteiger partial charge in [-0.25, -0.2) is 0 Å². The van der Waals surface area contributed by atoms with Gasteiger partial charge in [-0.1, -0.05) is 69.5 Å². The molecule has 0 aliphatic rings. The first kappa shape index (κ1) is 20.1. The maximum Gasteiger partial charge on any atom is 0.164 e. The second-order valence-electron chi connectivity index (χ2n) is 7.05. The molecular weight excluding hydrogens is 340 g/mol. The van der Waals surface area contributed by atoms with Gasteiger partial charge in [0.25, 0.3) is 0 Å². The topological polar surface area (TPSA) is 28.7 Å². The summed E-state index contributed by atoms with van der Waals surface area (Å²) in [5.41, 5.74) is 3.41. The third kappa shape index (κ3) is 5.15. The van der Waals surface area contributed by atoms with Crippen LogP contribution in [-0.2, 0) is 12.0 Å². The van der Waals surface area contributed by atoms with Crippen LogP contribution in [0.15, 0.2) is 71.3 Å². The fourth-order valence-corrected chi connectivity index (χ4v) is 3.28. The van der Waals surface area contributed by atoms with Gasteiger partial charge in [0.15, 0.2) is 5.17 Å². The van der Waals surface area contributed by atoms with Gasteiger partial charge in [0.1, 0.15) is 5.76 Å². The summed E-state index contributed by atoms with van der Waals surface area (Å²) in [7, 11) is 1.80. The lowest BCUT2D eigenvalue weighted by Crippen LogP contribution is -2.26. The monoisotopic (exact) mass is 368 g/mol. The number of thioether (sulfide) groups is 1. The lowest BCUT2D eigenvalue weighted by atomic mass is 9.86. The van der Waals surface area contributed by atoms with Gasteiger partial charge in [-0.05, 0) is 28.7 Å². The fourth-order valence-electron chi connectivity index (χ4n) is 2.55. The summed E-state index contributed by atoms with van der Waals surface area (Å²) in [6.07, 6.45) is 3.57. The van der Waals surface area contributed by atoms with Crippen molar-refractivity contribution in [3.63, 3.8) is 0 Å². The minimum absolute atomic E-state index is 0.129. The molecule has 0 fully saturated rings. The molecule has 1 aromatic heterocycles. The van der Waals surface area contributed by atoms with Gasteiger partial charge in [-0.3, -0.25) is 4.99 Å². The summed E-state index contributed by atoms with van der Waals surface area (Å²) in [5, 5.41) is 0.895. The van der Waals surface area contributed by atoms with Crippen LogP contribution in [0.1, 0.15) is 37.7 Å². The molecule has 0 N–H and O–H groups in total. The quantitative estimate of drug-likeness (QED) is 0.358. The molecule has 1 heterocycles. The summed E-state index contributed by atoms with van der Waals surface area (Å²) < 4.78 is 5.55. The Labute approximate surface area is 161 Å². The third-order valence-corrected chi connectivity index (χ3v) is 5.12. The van der Waals surface area contributed by atoms with Crippen molar-refractivity contribution >= 4 is 22.6 Å². The molecule has 26 heavy (non-hydrogen) atoms. The smallest absolute Gasteiger partial charge is 0.164 e. The van der Waals surface area contributed by atoms with E-state index in [2.05, 4.69) is 68.1 Å². The number of hydrogen-bond acceptors (Lipinski definition) is 3. The SMILES string of the molecule is C=CCS/C(=N/C)N(Cc1ccco1)C(=C)c1ccc(C(C)(C)C)cc1. The highest BCUT2D eigenvalue weighted by Crippen LogP contribution is 2.28. The molecule has 2 aromatic rings. The number of nitrogens with zero attached hydrogens (tertiary/aromatic N) is 2. The van der Waals surface area contributed by atoms with Crippen LogP contribution in [0, 0.1) is 0 Å². The summed E-state index contributed by atoms with van der Waals surface area (Å²) in [6.45, 7) is 15.4. The molecule has 0 saturated carbocycles. The third-order valence-electron chi connectivity index (χ3n) is 4.06. The Balaban J connectivity index is 2.30. The second-order valence-corrected chi connectivity index (χ2v) is 8.03. The first-order chi connectivity index (χ1) is 12.4. The molecule has 0 aliphatic heterocycles. The van der Waals surface area contributed by atoms with Crippen molar-refractivity contribution in [2.24, 2.45) is 4.99 Å². The average Bonchev–Trinajstić information content (AvgIpc) is 3.13. The first-order valence-electron chi connectivity index (χ1n) is 8.67. The Kier molecular flexibility index (Phi) is 6.92. The summed E-state index contributed by atoms with van der Waals surface area (Å²) in [4.78, 5) is 6.56. The molecule has 0 aliphatic carbocycles. The second kappa shape index (κ2) is 8.95. The van der Waals surface area contributed by atoms with Crippen molar-refractivity contribution in [2.45, 2.75) is 32.7 Å². The maximum atomic E-state index is 5.55. The van der Waals surface area contributed by atoms with Crippen LogP contribution in [0.3, 0.4) is 0 Å². The van der Waals surface area contributed by atoms with E-state index in [-0.39, 0.29) is 5.41 Å². The number of benzene rings is 1. The van der Waals surface area contributed by atoms with Crippen molar-refractivity contribution in [1.82, 2.24) is 4.90 Å². The largest absolute Gasteiger partial charge is 0.467 e. The fraction of sp³-hybridized carbons (Fsp3) is 0.318. The molecule has 138 valence electrons. The lowest BCUT2D eigenvalue weighted by molar-refractivity contribution is 0.447. The van der Waals surface area contributed by atoms with Gasteiger partial charge in [0.05, 0.1) is 12.8 Å². The van der Waals surface area contributed by atoms with Crippen LogP contribution < -0.4 is 0 Å². The number of amidine groups is 1. The molecular formula is C22H28N2OS. The molecule has 0 amide bonds. The van der Waals surface area contributed by atoms with Crippen LogP contribution in [0.25, 0.3) is 5.70 Å². The van der Waals surface area contributed by atoms with Crippen molar-refractivity contribution in [3.8, 4) is 0 Å². The molecule has 0 unspecified atom stereocenters. The number of rotatable bonds is 6. The molecule has 2 rings (SSSR count). The van der Waals surface area contributed by atoms with Gasteiger partial charge in [-0.15, -0.1) is 6.58 Å². The van der Waals surface area contributed by atoms with E-state index in [4.69, 9.17) is 4.42 Å². The molecule has 4 heteroatoms. The number of hydrogen-bond donors (Lipinski definition) is 0. The Morgan fingerprint density at radius 3 is 2.42 bits per heavy atom. The Hall–Kier alpha value is -2.20. The Morgan fingerprint density at radius 1 is 1.23 bits per heavy atom. The number of aliphatic imine (C=N–C) groups is 1. The molecule has 0 bridgehead atoms. The Morgan fingerprint density at radius 2 is 1.92 bits per heavy atom. The average molecular weight is 369 g/mol. The minimum atomic E-state index is 0.129. The van der Waals surface area contributed by atoms with Crippen molar-refractivity contribution in [1.29, 1.82) is 0 Å². The maximum absolute atomic E-state index is 5.55. The standard InChI is InChI=1S/C22H28N2OS/c1-7-15-26-21(23-6)24(16-20-9-8-14-25-20)17(2)18-10-12-19(13-11-18)22(3,4)5/h7-14H,1-2,15-16H2,3-6H3/b23-21+. The number of furan rings is 1. The first-order valence-corrected chi connectivity index (χ1v) is 9.65. The van der Waals surface area contributed by atoms with Crippen LogP contribution in [0.4, 0.5) is 0 Å². The predicted octanol–water partition coefficient (Wildman–Crippen LogP) is 5.96. The molecule has 1 aromatic carbocycles. The van der Waals surface area contributed by atoms with Gasteiger partial charge < -0.3 is 9.32 Å². The zero-order chi connectivity index (χ0) is 19.2. The van der Waals surface area contributed by atoms with E-state index in [1.165, 1.54) is 5.56 Å². The zero-order valence-corrected chi connectivity index (χ0v) is 17.0.